The van der Waals surface area contributed by atoms with Crippen LogP contribution >= 0.6 is 23.1 Å². The van der Waals surface area contributed by atoms with Gasteiger partial charge >= 0.3 is 5.97 Å². The van der Waals surface area contributed by atoms with Crippen molar-refractivity contribution in [3.8, 4) is 22.6 Å². The summed E-state index contributed by atoms with van der Waals surface area (Å²) in [6.45, 7) is 2.91. The van der Waals surface area contributed by atoms with Crippen molar-refractivity contribution in [3.63, 3.8) is 0 Å². The van der Waals surface area contributed by atoms with E-state index in [4.69, 9.17) is 14.2 Å². The van der Waals surface area contributed by atoms with Crippen LogP contribution in [-0.4, -0.2) is 33.0 Å². The van der Waals surface area contributed by atoms with Gasteiger partial charge in [-0.15, -0.1) is 11.3 Å². The first kappa shape index (κ1) is 27.1. The van der Waals surface area contributed by atoms with Crippen LogP contribution in [0.25, 0.3) is 42.5 Å². The number of hydrogen-bond acceptors (Lipinski definition) is 8. The van der Waals surface area contributed by atoms with Gasteiger partial charge in [0.05, 0.1) is 35.7 Å². The lowest BCUT2D eigenvalue weighted by Crippen LogP contribution is -2.14. The molecule has 7 aromatic rings. The standard InChI is InChI=1S/C34H27N3O4S2/c1-3-40-34(38)32-30(24-15-14-23(39-2)18-28(24)41-20-21-9-5-4-6-10-21)33-31(25-11-7-8-12-29(25)42-33)37(32)19-22-13-16-26-27(17-22)36-43-35-26/h4-18H,3,19-20H2,1-2H3. The number of carbonyl (C=O) groups excluding carboxylic acids is 1. The highest BCUT2D eigenvalue weighted by molar-refractivity contribution is 7.26. The van der Waals surface area contributed by atoms with E-state index < -0.39 is 0 Å². The summed E-state index contributed by atoms with van der Waals surface area (Å²) in [6.07, 6.45) is 0. The molecule has 43 heavy (non-hydrogen) atoms. The van der Waals surface area contributed by atoms with Crippen molar-refractivity contribution < 1.29 is 19.0 Å². The highest BCUT2D eigenvalue weighted by atomic mass is 32.1. The first-order chi connectivity index (χ1) is 21.1. The topological polar surface area (TPSA) is 75.5 Å². The summed E-state index contributed by atoms with van der Waals surface area (Å²) in [6, 6.07) is 30.1. The minimum atomic E-state index is -0.383. The Hall–Kier alpha value is -4.73. The molecule has 0 unspecified atom stereocenters. The Balaban J connectivity index is 1.48. The second kappa shape index (κ2) is 11.5. The Morgan fingerprint density at radius 3 is 2.53 bits per heavy atom. The first-order valence-corrected chi connectivity index (χ1v) is 15.5. The molecular weight excluding hydrogens is 579 g/mol. The van der Waals surface area contributed by atoms with E-state index in [2.05, 4.69) is 25.4 Å². The second-order valence-electron chi connectivity index (χ2n) is 10.0. The van der Waals surface area contributed by atoms with Crippen molar-refractivity contribution in [1.29, 1.82) is 0 Å². The molecular formula is C34H27N3O4S2. The number of nitrogens with zero attached hydrogens (tertiary/aromatic N) is 3. The lowest BCUT2D eigenvalue weighted by molar-refractivity contribution is 0.0516. The first-order valence-electron chi connectivity index (χ1n) is 13.9. The maximum Gasteiger partial charge on any atom is 0.355 e. The molecule has 0 fully saturated rings. The van der Waals surface area contributed by atoms with Gasteiger partial charge in [0.15, 0.2) is 0 Å². The number of esters is 1. The van der Waals surface area contributed by atoms with Crippen molar-refractivity contribution in [1.82, 2.24) is 13.3 Å². The summed E-state index contributed by atoms with van der Waals surface area (Å²) in [5.41, 5.74) is 6.81. The van der Waals surface area contributed by atoms with Crippen LogP contribution in [0.15, 0.2) is 91.0 Å². The maximum absolute atomic E-state index is 13.9. The Labute approximate surface area is 256 Å². The predicted molar refractivity (Wildman–Crippen MR) is 173 cm³/mol. The fourth-order valence-electron chi connectivity index (χ4n) is 5.44. The number of carbonyl (C=O) groups is 1. The van der Waals surface area contributed by atoms with Gasteiger partial charge in [0.25, 0.3) is 0 Å². The van der Waals surface area contributed by atoms with Crippen molar-refractivity contribution in [2.75, 3.05) is 13.7 Å². The number of thiophene rings is 1. The van der Waals surface area contributed by atoms with Gasteiger partial charge in [-0.25, -0.2) is 4.79 Å². The molecule has 4 aromatic carbocycles. The molecule has 0 saturated heterocycles. The van der Waals surface area contributed by atoms with Crippen LogP contribution in [0.5, 0.6) is 11.5 Å². The van der Waals surface area contributed by atoms with E-state index in [1.807, 2.05) is 85.8 Å². The molecule has 7 rings (SSSR count). The molecule has 0 amide bonds. The minimum Gasteiger partial charge on any atom is -0.497 e. The van der Waals surface area contributed by atoms with Crippen LogP contribution in [-0.2, 0) is 17.9 Å². The number of aromatic nitrogens is 3. The highest BCUT2D eigenvalue weighted by Gasteiger charge is 2.30. The third-order valence-electron chi connectivity index (χ3n) is 7.40. The molecule has 7 nitrogen and oxygen atoms in total. The number of hydrogen-bond donors (Lipinski definition) is 0. The summed E-state index contributed by atoms with van der Waals surface area (Å²) in [7, 11) is 1.63. The molecule has 0 aliphatic rings. The van der Waals surface area contributed by atoms with E-state index in [0.717, 1.165) is 53.6 Å². The molecule has 0 N–H and O–H groups in total. The van der Waals surface area contributed by atoms with Crippen molar-refractivity contribution in [2.45, 2.75) is 20.1 Å². The lowest BCUT2D eigenvalue weighted by Gasteiger charge is -2.16. The molecule has 3 heterocycles. The third kappa shape index (κ3) is 5.00. The largest absolute Gasteiger partial charge is 0.497 e. The molecule has 3 aromatic heterocycles. The Kier molecular flexibility index (Phi) is 7.26. The van der Waals surface area contributed by atoms with E-state index >= 15 is 0 Å². The van der Waals surface area contributed by atoms with Gasteiger partial charge in [0.2, 0.25) is 0 Å². The van der Waals surface area contributed by atoms with E-state index in [-0.39, 0.29) is 12.6 Å². The zero-order valence-corrected chi connectivity index (χ0v) is 25.2. The summed E-state index contributed by atoms with van der Waals surface area (Å²) in [5.74, 6) is 0.910. The molecule has 0 aliphatic heterocycles. The van der Waals surface area contributed by atoms with Gasteiger partial charge in [0, 0.05) is 33.8 Å². The number of methoxy groups -OCH3 is 1. The monoisotopic (exact) mass is 605 g/mol. The molecule has 9 heteroatoms. The molecule has 0 saturated carbocycles. The fourth-order valence-corrected chi connectivity index (χ4v) is 7.23. The van der Waals surface area contributed by atoms with Gasteiger partial charge in [-0.3, -0.25) is 0 Å². The smallest absolute Gasteiger partial charge is 0.355 e. The summed E-state index contributed by atoms with van der Waals surface area (Å²) >= 11 is 2.86. The van der Waals surface area contributed by atoms with Crippen LogP contribution in [0, 0.1) is 0 Å². The quantitative estimate of drug-likeness (QED) is 0.154. The molecule has 0 atom stereocenters. The Morgan fingerprint density at radius 2 is 1.70 bits per heavy atom. The van der Waals surface area contributed by atoms with Crippen molar-refractivity contribution >= 4 is 60.4 Å². The molecule has 0 radical (unpaired) electrons. The summed E-state index contributed by atoms with van der Waals surface area (Å²) < 4.78 is 30.8. The van der Waals surface area contributed by atoms with E-state index in [1.165, 1.54) is 11.7 Å². The number of benzene rings is 4. The number of rotatable bonds is 9. The summed E-state index contributed by atoms with van der Waals surface area (Å²) in [5, 5.41) is 1.08. The molecule has 0 bridgehead atoms. The van der Waals surface area contributed by atoms with Crippen LogP contribution in [0.4, 0.5) is 0 Å². The van der Waals surface area contributed by atoms with Crippen molar-refractivity contribution in [3.05, 3.63) is 108 Å². The van der Waals surface area contributed by atoms with Crippen LogP contribution < -0.4 is 9.47 Å². The van der Waals surface area contributed by atoms with Gasteiger partial charge < -0.3 is 18.8 Å². The van der Waals surface area contributed by atoms with Crippen LogP contribution in [0.3, 0.4) is 0 Å². The Bertz CT molecular complexity index is 2100. The van der Waals surface area contributed by atoms with Crippen molar-refractivity contribution in [2.24, 2.45) is 0 Å². The third-order valence-corrected chi connectivity index (χ3v) is 9.13. The normalized spacial score (nSPS) is 11.4. The van der Waals surface area contributed by atoms with Crippen LogP contribution in [0.2, 0.25) is 0 Å². The number of fused-ring (bicyclic) bond motifs is 4. The SMILES string of the molecule is CCOC(=O)c1c(-c2ccc(OC)cc2OCc2ccccc2)c2sc3ccccc3c2n1Cc1ccc2nsnc2c1. The Morgan fingerprint density at radius 1 is 0.884 bits per heavy atom. The maximum atomic E-state index is 13.9. The zero-order valence-electron chi connectivity index (χ0n) is 23.6. The second-order valence-corrected chi connectivity index (χ2v) is 11.6. The fraction of sp³-hybridized carbons (Fsp3) is 0.147. The van der Waals surface area contributed by atoms with Gasteiger partial charge in [-0.05, 0) is 48.4 Å². The van der Waals surface area contributed by atoms with Gasteiger partial charge in [-0.2, -0.15) is 8.75 Å². The van der Waals surface area contributed by atoms with E-state index in [9.17, 15) is 4.79 Å². The number of ether oxygens (including phenoxy) is 3. The molecule has 0 spiro atoms. The molecule has 214 valence electrons. The minimum absolute atomic E-state index is 0.258. The van der Waals surface area contributed by atoms with Gasteiger partial charge in [0.1, 0.15) is 34.8 Å². The average molecular weight is 606 g/mol. The van der Waals surface area contributed by atoms with E-state index in [0.29, 0.717) is 30.3 Å². The van der Waals surface area contributed by atoms with Gasteiger partial charge in [-0.1, -0.05) is 54.6 Å². The lowest BCUT2D eigenvalue weighted by atomic mass is 10.0. The molecule has 0 aliphatic carbocycles. The van der Waals surface area contributed by atoms with E-state index in [1.54, 1.807) is 18.4 Å². The highest BCUT2D eigenvalue weighted by Crippen LogP contribution is 2.47. The average Bonchev–Trinajstić information content (AvgIpc) is 3.74. The van der Waals surface area contributed by atoms with Crippen LogP contribution in [0.1, 0.15) is 28.5 Å². The predicted octanol–water partition coefficient (Wildman–Crippen LogP) is 8.34. The zero-order chi connectivity index (χ0) is 29.3. The summed E-state index contributed by atoms with van der Waals surface area (Å²) in [4.78, 5) is 13.9.